The van der Waals surface area contributed by atoms with E-state index in [4.69, 9.17) is 4.74 Å². The Labute approximate surface area is 132 Å². The maximum Gasteiger partial charge on any atom is 0.101 e. The zero-order valence-corrected chi connectivity index (χ0v) is 13.7. The minimum absolute atomic E-state index is 0.726. The third kappa shape index (κ3) is 4.90. The quantitative estimate of drug-likeness (QED) is 0.769. The van der Waals surface area contributed by atoms with Crippen molar-refractivity contribution in [2.45, 2.75) is 16.5 Å². The lowest BCUT2D eigenvalue weighted by molar-refractivity contribution is 0.199. The predicted molar refractivity (Wildman–Crippen MR) is 86.1 cm³/mol. The molecular formula is C15H17BrN2OS. The van der Waals surface area contributed by atoms with Gasteiger partial charge < -0.3 is 10.1 Å². The van der Waals surface area contributed by atoms with Crippen LogP contribution in [0.3, 0.4) is 0 Å². The van der Waals surface area contributed by atoms with Gasteiger partial charge in [0.15, 0.2) is 0 Å². The van der Waals surface area contributed by atoms with Crippen LogP contribution >= 0.6 is 27.7 Å². The molecule has 1 aromatic carbocycles. The summed E-state index contributed by atoms with van der Waals surface area (Å²) in [6, 6.07) is 12.4. The van der Waals surface area contributed by atoms with Gasteiger partial charge in [-0.05, 0) is 39.7 Å². The van der Waals surface area contributed by atoms with E-state index in [1.807, 2.05) is 18.3 Å². The van der Waals surface area contributed by atoms with E-state index >= 15 is 0 Å². The monoisotopic (exact) mass is 352 g/mol. The Morgan fingerprint density at radius 3 is 2.85 bits per heavy atom. The second kappa shape index (κ2) is 8.42. The molecule has 20 heavy (non-hydrogen) atoms. The minimum Gasteiger partial charge on any atom is -0.383 e. The zero-order valence-electron chi connectivity index (χ0n) is 11.3. The van der Waals surface area contributed by atoms with Gasteiger partial charge >= 0.3 is 0 Å². The molecule has 0 saturated carbocycles. The van der Waals surface area contributed by atoms with Gasteiger partial charge in [-0.1, -0.05) is 30.0 Å². The van der Waals surface area contributed by atoms with Gasteiger partial charge in [0.05, 0.1) is 6.61 Å². The molecule has 1 N–H and O–H groups in total. The summed E-state index contributed by atoms with van der Waals surface area (Å²) in [6.07, 6.45) is 1.82. The highest BCUT2D eigenvalue weighted by atomic mass is 79.9. The molecule has 0 fully saturated rings. The van der Waals surface area contributed by atoms with E-state index in [2.05, 4.69) is 50.5 Å². The lowest BCUT2D eigenvalue weighted by Crippen LogP contribution is -2.18. The predicted octanol–water partition coefficient (Wildman–Crippen LogP) is 3.73. The molecular weight excluding hydrogens is 336 g/mol. The van der Waals surface area contributed by atoms with Crippen molar-refractivity contribution >= 4 is 27.7 Å². The summed E-state index contributed by atoms with van der Waals surface area (Å²) in [4.78, 5) is 5.63. The highest BCUT2D eigenvalue weighted by molar-refractivity contribution is 9.10. The van der Waals surface area contributed by atoms with Crippen molar-refractivity contribution in [1.82, 2.24) is 10.3 Å². The van der Waals surface area contributed by atoms with Gasteiger partial charge in [-0.15, -0.1) is 0 Å². The molecule has 2 rings (SSSR count). The van der Waals surface area contributed by atoms with E-state index in [0.717, 1.165) is 29.2 Å². The number of nitrogens with one attached hydrogen (secondary N) is 1. The van der Waals surface area contributed by atoms with E-state index in [0.29, 0.717) is 0 Å². The molecule has 106 valence electrons. The minimum atomic E-state index is 0.726. The van der Waals surface area contributed by atoms with Gasteiger partial charge in [0.25, 0.3) is 0 Å². The van der Waals surface area contributed by atoms with Crippen molar-refractivity contribution in [3.63, 3.8) is 0 Å². The highest BCUT2D eigenvalue weighted by Gasteiger charge is 2.04. The van der Waals surface area contributed by atoms with E-state index in [1.165, 1.54) is 10.5 Å². The summed E-state index contributed by atoms with van der Waals surface area (Å²) in [6.45, 7) is 2.42. The molecule has 0 radical (unpaired) electrons. The van der Waals surface area contributed by atoms with Crippen LogP contribution in [0.1, 0.15) is 5.56 Å². The van der Waals surface area contributed by atoms with Gasteiger partial charge in [0.2, 0.25) is 0 Å². The van der Waals surface area contributed by atoms with Crippen LogP contribution < -0.4 is 5.32 Å². The SMILES string of the molecule is COCCNCc1ccccc1Sc1ccc(Br)cn1. The molecule has 0 bridgehead atoms. The smallest absolute Gasteiger partial charge is 0.101 e. The van der Waals surface area contributed by atoms with Crippen LogP contribution in [-0.4, -0.2) is 25.2 Å². The molecule has 2 aromatic rings. The molecule has 0 unspecified atom stereocenters. The van der Waals surface area contributed by atoms with E-state index < -0.39 is 0 Å². The molecule has 0 aliphatic rings. The van der Waals surface area contributed by atoms with Crippen molar-refractivity contribution in [3.05, 3.63) is 52.6 Å². The number of hydrogen-bond donors (Lipinski definition) is 1. The molecule has 3 nitrogen and oxygen atoms in total. The summed E-state index contributed by atoms with van der Waals surface area (Å²) in [7, 11) is 1.71. The summed E-state index contributed by atoms with van der Waals surface area (Å²) < 4.78 is 6.03. The summed E-state index contributed by atoms with van der Waals surface area (Å²) >= 11 is 5.08. The number of benzene rings is 1. The number of hydrogen-bond acceptors (Lipinski definition) is 4. The van der Waals surface area contributed by atoms with Crippen LogP contribution in [0.15, 0.2) is 57.0 Å². The fraction of sp³-hybridized carbons (Fsp3) is 0.267. The van der Waals surface area contributed by atoms with Crippen LogP contribution in [0, 0.1) is 0 Å². The normalized spacial score (nSPS) is 10.7. The van der Waals surface area contributed by atoms with Crippen LogP contribution in [0.5, 0.6) is 0 Å². The molecule has 0 spiro atoms. The maximum absolute atomic E-state index is 5.03. The second-order valence-electron chi connectivity index (χ2n) is 4.19. The first-order valence-electron chi connectivity index (χ1n) is 6.36. The Hall–Kier alpha value is -0.880. The van der Waals surface area contributed by atoms with Crippen molar-refractivity contribution in [2.75, 3.05) is 20.3 Å². The number of aromatic nitrogens is 1. The number of pyridine rings is 1. The topological polar surface area (TPSA) is 34.1 Å². The number of rotatable bonds is 7. The fourth-order valence-corrected chi connectivity index (χ4v) is 2.80. The van der Waals surface area contributed by atoms with E-state index in [1.54, 1.807) is 18.9 Å². The van der Waals surface area contributed by atoms with Crippen molar-refractivity contribution in [2.24, 2.45) is 0 Å². The number of nitrogens with zero attached hydrogens (tertiary/aromatic N) is 1. The van der Waals surface area contributed by atoms with Crippen molar-refractivity contribution < 1.29 is 4.74 Å². The Balaban J connectivity index is 2.01. The maximum atomic E-state index is 5.03. The van der Waals surface area contributed by atoms with Crippen LogP contribution in [0.25, 0.3) is 0 Å². The van der Waals surface area contributed by atoms with Crippen LogP contribution in [0.2, 0.25) is 0 Å². The Bertz CT molecular complexity index is 534. The summed E-state index contributed by atoms with van der Waals surface area (Å²) in [5, 5.41) is 4.37. The molecule has 0 aliphatic carbocycles. The number of methoxy groups -OCH3 is 1. The second-order valence-corrected chi connectivity index (χ2v) is 6.17. The standard InChI is InChI=1S/C15H17BrN2OS/c1-19-9-8-17-10-12-4-2-3-5-14(12)20-15-7-6-13(16)11-18-15/h2-7,11,17H,8-10H2,1H3. The Morgan fingerprint density at radius 2 is 2.10 bits per heavy atom. The van der Waals surface area contributed by atoms with Crippen molar-refractivity contribution in [3.8, 4) is 0 Å². The first kappa shape index (κ1) is 15.5. The molecule has 0 atom stereocenters. The van der Waals surface area contributed by atoms with Gasteiger partial charge in [-0.25, -0.2) is 4.98 Å². The lowest BCUT2D eigenvalue weighted by Gasteiger charge is -2.09. The summed E-state index contributed by atoms with van der Waals surface area (Å²) in [5.41, 5.74) is 1.28. The van der Waals surface area contributed by atoms with E-state index in [-0.39, 0.29) is 0 Å². The highest BCUT2D eigenvalue weighted by Crippen LogP contribution is 2.29. The number of halogens is 1. The first-order valence-corrected chi connectivity index (χ1v) is 7.97. The third-order valence-corrected chi connectivity index (χ3v) is 4.22. The molecule has 0 saturated heterocycles. The van der Waals surface area contributed by atoms with Gasteiger partial charge in [0.1, 0.15) is 5.03 Å². The Kier molecular flexibility index (Phi) is 6.53. The molecule has 5 heteroatoms. The third-order valence-electron chi connectivity index (χ3n) is 2.69. The van der Waals surface area contributed by atoms with E-state index in [9.17, 15) is 0 Å². The zero-order chi connectivity index (χ0) is 14.2. The Morgan fingerprint density at radius 1 is 1.25 bits per heavy atom. The summed E-state index contributed by atoms with van der Waals surface area (Å²) in [5.74, 6) is 0. The average Bonchev–Trinajstić information content (AvgIpc) is 2.47. The average molecular weight is 353 g/mol. The van der Waals surface area contributed by atoms with Crippen LogP contribution in [-0.2, 0) is 11.3 Å². The fourth-order valence-electron chi connectivity index (χ4n) is 1.68. The molecule has 0 aliphatic heterocycles. The lowest BCUT2D eigenvalue weighted by atomic mass is 10.2. The molecule has 1 heterocycles. The van der Waals surface area contributed by atoms with Crippen molar-refractivity contribution in [1.29, 1.82) is 0 Å². The van der Waals surface area contributed by atoms with Gasteiger partial charge in [-0.3, -0.25) is 0 Å². The van der Waals surface area contributed by atoms with Gasteiger partial charge in [0, 0.05) is 35.8 Å². The molecule has 1 aromatic heterocycles. The largest absolute Gasteiger partial charge is 0.383 e. The van der Waals surface area contributed by atoms with Crippen LogP contribution in [0.4, 0.5) is 0 Å². The van der Waals surface area contributed by atoms with Gasteiger partial charge in [-0.2, -0.15) is 0 Å². The number of ether oxygens (including phenoxy) is 1. The molecule has 0 amide bonds. The first-order chi connectivity index (χ1) is 9.79.